The zero-order chi connectivity index (χ0) is 22.6. The van der Waals surface area contributed by atoms with E-state index in [-0.39, 0.29) is 5.41 Å². The van der Waals surface area contributed by atoms with Crippen molar-refractivity contribution in [2.45, 2.75) is 107 Å². The molecule has 0 aromatic carbocycles. The average Bonchev–Trinajstić information content (AvgIpc) is 3.48. The second-order valence-electron chi connectivity index (χ2n) is 12.9. The van der Waals surface area contributed by atoms with Gasteiger partial charge in [0.15, 0.2) is 0 Å². The van der Waals surface area contributed by atoms with Gasteiger partial charge in [0, 0.05) is 29.9 Å². The summed E-state index contributed by atoms with van der Waals surface area (Å²) in [5, 5.41) is 19.0. The number of piperidine rings is 2. The van der Waals surface area contributed by atoms with Gasteiger partial charge in [-0.2, -0.15) is 5.26 Å². The third-order valence-electron chi connectivity index (χ3n) is 10.8. The molecular formula is C27H45N5S. The predicted octanol–water partition coefficient (Wildman–Crippen LogP) is 4.02. The number of fused-ring (bicyclic) bond motifs is 4. The molecule has 0 radical (unpaired) electrons. The van der Waals surface area contributed by atoms with Gasteiger partial charge in [0.2, 0.25) is 0 Å². The molecule has 2 aliphatic carbocycles. The number of hydrogen-bond acceptors (Lipinski definition) is 6. The van der Waals surface area contributed by atoms with Crippen LogP contribution in [0.25, 0.3) is 0 Å². The number of nitriles is 1. The number of nitrogens with zero attached hydrogens (tertiary/aromatic N) is 1. The fourth-order valence-corrected chi connectivity index (χ4v) is 10.7. The molecular weight excluding hydrogens is 426 g/mol. The van der Waals surface area contributed by atoms with Crippen molar-refractivity contribution < 1.29 is 0 Å². The molecule has 0 aromatic heterocycles. The molecule has 4 N–H and O–H groups in total. The van der Waals surface area contributed by atoms with E-state index in [9.17, 15) is 5.26 Å². The summed E-state index contributed by atoms with van der Waals surface area (Å²) in [6.45, 7) is 6.66. The molecule has 0 amide bonds. The molecule has 0 bridgehead atoms. The molecule has 5 nitrogen and oxygen atoms in total. The molecule has 0 spiro atoms. The molecule has 0 aromatic rings. The quantitative estimate of drug-likeness (QED) is 0.498. The van der Waals surface area contributed by atoms with Gasteiger partial charge in [0.1, 0.15) is 0 Å². The van der Waals surface area contributed by atoms with Crippen LogP contribution in [0.1, 0.15) is 78.1 Å². The molecule has 4 heterocycles. The zero-order valence-electron chi connectivity index (χ0n) is 20.7. The van der Waals surface area contributed by atoms with Gasteiger partial charge in [-0.3, -0.25) is 10.9 Å². The summed E-state index contributed by atoms with van der Waals surface area (Å²) in [6, 6.07) is 4.52. The van der Waals surface area contributed by atoms with Gasteiger partial charge in [-0.25, -0.2) is 0 Å². The molecule has 9 unspecified atom stereocenters. The summed E-state index contributed by atoms with van der Waals surface area (Å²) < 4.78 is 0. The smallest absolute Gasteiger partial charge is 0.0686 e. The summed E-state index contributed by atoms with van der Waals surface area (Å²) in [5.41, 5.74) is 7.39. The number of nitrogens with one attached hydrogen (secondary N) is 4. The number of thioether (sulfide) groups is 1. The largest absolute Gasteiger partial charge is 0.312 e. The van der Waals surface area contributed by atoms with Crippen molar-refractivity contribution in [3.63, 3.8) is 0 Å². The molecule has 2 saturated carbocycles. The van der Waals surface area contributed by atoms with Crippen LogP contribution in [0.5, 0.6) is 0 Å². The van der Waals surface area contributed by atoms with E-state index in [1.54, 1.807) is 0 Å². The van der Waals surface area contributed by atoms with Gasteiger partial charge in [0.25, 0.3) is 0 Å². The van der Waals surface area contributed by atoms with Crippen molar-refractivity contribution in [2.75, 3.05) is 13.1 Å². The molecule has 184 valence electrons. The maximum Gasteiger partial charge on any atom is 0.0686 e. The van der Waals surface area contributed by atoms with Crippen molar-refractivity contribution in [1.82, 2.24) is 21.5 Å². The summed E-state index contributed by atoms with van der Waals surface area (Å²) in [6.07, 6.45) is 13.6. The maximum absolute atomic E-state index is 9.60. The lowest BCUT2D eigenvalue weighted by Crippen LogP contribution is -2.58. The predicted molar refractivity (Wildman–Crippen MR) is 135 cm³/mol. The monoisotopic (exact) mass is 471 g/mol. The molecule has 6 rings (SSSR count). The maximum atomic E-state index is 9.60. The number of rotatable bonds is 3. The lowest BCUT2D eigenvalue weighted by atomic mass is 9.61. The van der Waals surface area contributed by atoms with E-state index >= 15 is 0 Å². The summed E-state index contributed by atoms with van der Waals surface area (Å²) in [5.74, 6) is 4.78. The van der Waals surface area contributed by atoms with Gasteiger partial charge in [0.05, 0.1) is 16.9 Å². The van der Waals surface area contributed by atoms with E-state index in [1.165, 1.54) is 70.8 Å². The second-order valence-corrected chi connectivity index (χ2v) is 14.3. The van der Waals surface area contributed by atoms with Crippen molar-refractivity contribution in [3.05, 3.63) is 0 Å². The van der Waals surface area contributed by atoms with Crippen LogP contribution in [-0.4, -0.2) is 41.8 Å². The molecule has 6 fully saturated rings. The minimum Gasteiger partial charge on any atom is -0.312 e. The van der Waals surface area contributed by atoms with E-state index in [1.807, 2.05) is 0 Å². The van der Waals surface area contributed by atoms with Crippen molar-refractivity contribution in [3.8, 4) is 6.07 Å². The van der Waals surface area contributed by atoms with Gasteiger partial charge in [-0.05, 0) is 120 Å². The molecule has 9 atom stereocenters. The minimum atomic E-state index is -0.170. The van der Waals surface area contributed by atoms with E-state index in [4.69, 9.17) is 0 Å². The second kappa shape index (κ2) is 9.28. The van der Waals surface area contributed by atoms with E-state index in [0.29, 0.717) is 18.0 Å². The highest BCUT2D eigenvalue weighted by molar-refractivity contribution is 8.00. The summed E-state index contributed by atoms with van der Waals surface area (Å²) in [7, 11) is 0. The molecule has 4 aliphatic heterocycles. The third-order valence-corrected chi connectivity index (χ3v) is 12.6. The third kappa shape index (κ3) is 4.29. The Labute approximate surface area is 205 Å². The van der Waals surface area contributed by atoms with Crippen LogP contribution in [-0.2, 0) is 0 Å². The Morgan fingerprint density at radius 3 is 2.45 bits per heavy atom. The normalized spacial score (nSPS) is 50.2. The van der Waals surface area contributed by atoms with Crippen LogP contribution >= 0.6 is 11.8 Å². The fraction of sp³-hybridized carbons (Fsp3) is 0.963. The van der Waals surface area contributed by atoms with Crippen molar-refractivity contribution >= 4 is 11.8 Å². The highest BCUT2D eigenvalue weighted by Crippen LogP contribution is 2.51. The standard InChI is InChI=1S/C27H45N5S/c1-27(2,15-28)19-8-5-16(6-9-19)25-24-20-12-17(7-10-21(20)30-14-22(24)31-32-25)23-13-18-4-3-11-29-26(18)33-23/h16-26,29-32H,3-14H2,1-2H3. The van der Waals surface area contributed by atoms with Gasteiger partial charge >= 0.3 is 0 Å². The first-order valence-corrected chi connectivity index (χ1v) is 15.0. The SMILES string of the molecule is CC(C)(C#N)C1CCC(C2NNC3CNC4CCC(C5CC6CCCNC6S5)CC4C32)CC1. The van der Waals surface area contributed by atoms with E-state index in [2.05, 4.69) is 53.2 Å². The lowest BCUT2D eigenvalue weighted by Gasteiger charge is -2.49. The van der Waals surface area contributed by atoms with Crippen LogP contribution in [0.4, 0.5) is 0 Å². The molecule has 33 heavy (non-hydrogen) atoms. The highest BCUT2D eigenvalue weighted by atomic mass is 32.2. The Balaban J connectivity index is 1.13. The number of hydrogen-bond donors (Lipinski definition) is 4. The van der Waals surface area contributed by atoms with Gasteiger partial charge < -0.3 is 10.6 Å². The first-order chi connectivity index (χ1) is 16.0. The minimum absolute atomic E-state index is 0.170. The molecule has 4 saturated heterocycles. The summed E-state index contributed by atoms with van der Waals surface area (Å²) in [4.78, 5) is 0. The Kier molecular flexibility index (Phi) is 6.50. The van der Waals surface area contributed by atoms with Crippen molar-refractivity contribution in [2.24, 2.45) is 40.9 Å². The van der Waals surface area contributed by atoms with Crippen LogP contribution in [0.2, 0.25) is 0 Å². The van der Waals surface area contributed by atoms with Gasteiger partial charge in [-0.15, -0.1) is 11.8 Å². The zero-order valence-corrected chi connectivity index (χ0v) is 21.5. The first kappa shape index (κ1) is 23.1. The average molecular weight is 472 g/mol. The Morgan fingerprint density at radius 1 is 0.848 bits per heavy atom. The Hall–Kier alpha value is -0.320. The topological polar surface area (TPSA) is 71.9 Å². The van der Waals surface area contributed by atoms with Crippen LogP contribution < -0.4 is 21.5 Å². The van der Waals surface area contributed by atoms with Crippen LogP contribution in [0, 0.1) is 52.3 Å². The summed E-state index contributed by atoms with van der Waals surface area (Å²) >= 11 is 2.31. The van der Waals surface area contributed by atoms with Crippen molar-refractivity contribution in [1.29, 1.82) is 5.26 Å². The lowest BCUT2D eigenvalue weighted by molar-refractivity contribution is 0.0637. The van der Waals surface area contributed by atoms with Crippen LogP contribution in [0.15, 0.2) is 0 Å². The first-order valence-electron chi connectivity index (χ1n) is 14.1. The highest BCUT2D eigenvalue weighted by Gasteiger charge is 2.52. The molecule has 6 heteroatoms. The number of hydrazine groups is 1. The van der Waals surface area contributed by atoms with E-state index in [0.717, 1.165) is 52.8 Å². The van der Waals surface area contributed by atoms with Gasteiger partial charge in [-0.1, -0.05) is 0 Å². The molecule has 6 aliphatic rings. The fourth-order valence-electron chi connectivity index (χ4n) is 8.83. The van der Waals surface area contributed by atoms with Crippen LogP contribution in [0.3, 0.4) is 0 Å². The Bertz CT molecular complexity index is 729. The Morgan fingerprint density at radius 2 is 1.67 bits per heavy atom. The van der Waals surface area contributed by atoms with E-state index < -0.39 is 0 Å².